The van der Waals surface area contributed by atoms with Gasteiger partial charge >= 0.3 is 0 Å². The summed E-state index contributed by atoms with van der Waals surface area (Å²) in [5.74, 6) is 0.909. The number of pyridine rings is 1. The van der Waals surface area contributed by atoms with Gasteiger partial charge in [-0.3, -0.25) is 4.98 Å². The molecule has 3 heterocycles. The molecule has 2 atom stereocenters. The third-order valence-corrected chi connectivity index (χ3v) is 8.06. The normalized spacial score (nSPS) is 19.8. The number of nitrogens with zero attached hydrogens (tertiary/aromatic N) is 3. The molecule has 4 aromatic rings. The molecular formula is C30H29ClN4OS. The van der Waals surface area contributed by atoms with Crippen LogP contribution in [0, 0.1) is 6.92 Å². The number of benzene rings is 2. The van der Waals surface area contributed by atoms with Gasteiger partial charge in [0.05, 0.1) is 17.8 Å². The molecule has 1 saturated carbocycles. The van der Waals surface area contributed by atoms with E-state index in [0.29, 0.717) is 11.2 Å². The lowest BCUT2D eigenvalue weighted by Gasteiger charge is -2.29. The molecule has 37 heavy (non-hydrogen) atoms. The highest BCUT2D eigenvalue weighted by Gasteiger charge is 2.42. The Morgan fingerprint density at radius 3 is 2.49 bits per heavy atom. The minimum absolute atomic E-state index is 0.116. The van der Waals surface area contributed by atoms with Crippen molar-refractivity contribution in [3.63, 3.8) is 0 Å². The number of aromatic nitrogens is 2. The van der Waals surface area contributed by atoms with Gasteiger partial charge < -0.3 is 19.5 Å². The van der Waals surface area contributed by atoms with Gasteiger partial charge in [-0.2, -0.15) is 0 Å². The van der Waals surface area contributed by atoms with E-state index in [-0.39, 0.29) is 12.1 Å². The average Bonchev–Trinajstić information content (AvgIpc) is 3.67. The summed E-state index contributed by atoms with van der Waals surface area (Å²) in [4.78, 5) is 6.88. The molecule has 1 saturated heterocycles. The number of thiocarbonyl (C=S) groups is 1. The van der Waals surface area contributed by atoms with E-state index in [1.807, 2.05) is 31.3 Å². The summed E-state index contributed by atoms with van der Waals surface area (Å²) in [6.45, 7) is 2.03. The third kappa shape index (κ3) is 4.72. The summed E-state index contributed by atoms with van der Waals surface area (Å²) in [6, 6.07) is 24.4. The standard InChI is InChI=1S/C30H29ClN4OS/c1-20-19-22(13-16-25(20)31)34-18-6-10-27(34)29-28(26-9-4-5-17-32-26)33-30(37)35(29)21-11-14-24(15-12-21)36-23-7-2-3-8-23/h4-6,9-19,23,28-29H,2-3,7-8H2,1H3,(H,33,37)/t28-,29+/m1/s1. The van der Waals surface area contributed by atoms with Gasteiger partial charge in [0.2, 0.25) is 0 Å². The summed E-state index contributed by atoms with van der Waals surface area (Å²) in [7, 11) is 0. The average molecular weight is 529 g/mol. The molecule has 6 rings (SSSR count). The van der Waals surface area contributed by atoms with Crippen molar-refractivity contribution >= 4 is 34.6 Å². The highest BCUT2D eigenvalue weighted by Crippen LogP contribution is 2.42. The van der Waals surface area contributed by atoms with Crippen LogP contribution in [0.2, 0.25) is 5.02 Å². The summed E-state index contributed by atoms with van der Waals surface area (Å²) < 4.78 is 8.43. The lowest BCUT2D eigenvalue weighted by molar-refractivity contribution is 0.210. The molecule has 188 valence electrons. The van der Waals surface area contributed by atoms with E-state index in [1.165, 1.54) is 12.8 Å². The Morgan fingerprint density at radius 1 is 0.973 bits per heavy atom. The van der Waals surface area contributed by atoms with Crippen LogP contribution in [0.3, 0.4) is 0 Å². The van der Waals surface area contributed by atoms with Crippen molar-refractivity contribution < 1.29 is 4.74 Å². The number of rotatable bonds is 6. The van der Waals surface area contributed by atoms with Crippen LogP contribution in [-0.2, 0) is 0 Å². The SMILES string of the molecule is Cc1cc(-n2cccc2[C@H]2[C@@H](c3ccccn3)NC(=S)N2c2ccc(OC3CCCC3)cc2)ccc1Cl. The van der Waals surface area contributed by atoms with Crippen LogP contribution in [0.4, 0.5) is 5.69 Å². The Morgan fingerprint density at radius 2 is 1.76 bits per heavy atom. The second-order valence-electron chi connectivity index (χ2n) is 9.75. The minimum Gasteiger partial charge on any atom is -0.490 e. The largest absolute Gasteiger partial charge is 0.490 e. The zero-order valence-corrected chi connectivity index (χ0v) is 22.3. The molecule has 0 spiro atoms. The number of hydrogen-bond donors (Lipinski definition) is 1. The molecule has 0 bridgehead atoms. The fourth-order valence-electron chi connectivity index (χ4n) is 5.47. The van der Waals surface area contributed by atoms with Gasteiger partial charge in [0.25, 0.3) is 0 Å². The van der Waals surface area contributed by atoms with Crippen LogP contribution in [0.15, 0.2) is 85.2 Å². The Labute approximate surface area is 228 Å². The summed E-state index contributed by atoms with van der Waals surface area (Å²) in [5, 5.41) is 4.99. The Kier molecular flexibility index (Phi) is 6.61. The second-order valence-corrected chi connectivity index (χ2v) is 10.5. The predicted octanol–water partition coefficient (Wildman–Crippen LogP) is 7.33. The molecule has 7 heteroatoms. The highest BCUT2D eigenvalue weighted by molar-refractivity contribution is 7.80. The van der Waals surface area contributed by atoms with Crippen LogP contribution in [0.1, 0.15) is 54.7 Å². The molecule has 1 N–H and O–H groups in total. The monoisotopic (exact) mass is 528 g/mol. The topological polar surface area (TPSA) is 42.3 Å². The van der Waals surface area contributed by atoms with Gasteiger partial charge in [-0.1, -0.05) is 17.7 Å². The molecule has 2 aromatic carbocycles. The maximum Gasteiger partial charge on any atom is 0.174 e. The number of halogens is 1. The van der Waals surface area contributed by atoms with E-state index < -0.39 is 0 Å². The molecule has 0 unspecified atom stereocenters. The second kappa shape index (κ2) is 10.2. The van der Waals surface area contributed by atoms with E-state index in [4.69, 9.17) is 28.6 Å². The number of nitrogens with one attached hydrogen (secondary N) is 1. The summed E-state index contributed by atoms with van der Waals surface area (Å²) in [5.41, 5.74) is 5.16. The van der Waals surface area contributed by atoms with Crippen molar-refractivity contribution in [1.29, 1.82) is 0 Å². The first-order valence-electron chi connectivity index (χ1n) is 12.8. The predicted molar refractivity (Wildman–Crippen MR) is 153 cm³/mol. The molecule has 2 aromatic heterocycles. The molecule has 1 aliphatic carbocycles. The van der Waals surface area contributed by atoms with Crippen LogP contribution in [-0.4, -0.2) is 20.8 Å². The molecule has 1 aliphatic heterocycles. The Hall–Kier alpha value is -3.35. The van der Waals surface area contributed by atoms with Gasteiger partial charge in [0.15, 0.2) is 5.11 Å². The van der Waals surface area contributed by atoms with Crippen LogP contribution >= 0.6 is 23.8 Å². The molecular weight excluding hydrogens is 500 g/mol. The van der Waals surface area contributed by atoms with Crippen molar-refractivity contribution in [3.05, 3.63) is 107 Å². The Balaban J connectivity index is 1.40. The van der Waals surface area contributed by atoms with Gasteiger partial charge in [-0.15, -0.1) is 0 Å². The quantitative estimate of drug-likeness (QED) is 0.265. The van der Waals surface area contributed by atoms with Crippen LogP contribution < -0.4 is 15.0 Å². The zero-order chi connectivity index (χ0) is 25.4. The van der Waals surface area contributed by atoms with Crippen molar-refractivity contribution in [2.75, 3.05) is 4.90 Å². The lowest BCUT2D eigenvalue weighted by atomic mass is 10.0. The Bertz CT molecular complexity index is 1400. The minimum atomic E-state index is -0.120. The third-order valence-electron chi connectivity index (χ3n) is 7.32. The van der Waals surface area contributed by atoms with E-state index >= 15 is 0 Å². The number of anilines is 1. The number of ether oxygens (including phenoxy) is 1. The first kappa shape index (κ1) is 24.0. The maximum atomic E-state index is 6.34. The van der Waals surface area contributed by atoms with Crippen molar-refractivity contribution in [1.82, 2.24) is 14.9 Å². The van der Waals surface area contributed by atoms with Crippen molar-refractivity contribution in [2.45, 2.75) is 50.8 Å². The van der Waals surface area contributed by atoms with Gasteiger partial charge in [-0.05, 0) is 117 Å². The smallest absolute Gasteiger partial charge is 0.174 e. The van der Waals surface area contributed by atoms with Gasteiger partial charge in [0.1, 0.15) is 11.8 Å². The first-order valence-corrected chi connectivity index (χ1v) is 13.6. The van der Waals surface area contributed by atoms with Crippen molar-refractivity contribution in [2.24, 2.45) is 0 Å². The van der Waals surface area contributed by atoms with E-state index in [2.05, 4.69) is 80.6 Å². The van der Waals surface area contributed by atoms with Crippen LogP contribution in [0.25, 0.3) is 5.69 Å². The zero-order valence-electron chi connectivity index (χ0n) is 20.7. The molecule has 2 fully saturated rings. The van der Waals surface area contributed by atoms with E-state index in [1.54, 1.807) is 0 Å². The fourth-order valence-corrected chi connectivity index (χ4v) is 5.93. The summed E-state index contributed by atoms with van der Waals surface area (Å²) >= 11 is 12.3. The highest BCUT2D eigenvalue weighted by atomic mass is 35.5. The maximum absolute atomic E-state index is 6.34. The van der Waals surface area contributed by atoms with Gasteiger partial charge in [-0.25, -0.2) is 0 Å². The molecule has 0 radical (unpaired) electrons. The molecule has 5 nitrogen and oxygen atoms in total. The lowest BCUT2D eigenvalue weighted by Crippen LogP contribution is -2.30. The van der Waals surface area contributed by atoms with E-state index in [9.17, 15) is 0 Å². The van der Waals surface area contributed by atoms with Gasteiger partial charge in [0, 0.05) is 34.5 Å². The molecule has 2 aliphatic rings. The van der Waals surface area contributed by atoms with Crippen LogP contribution in [0.5, 0.6) is 5.75 Å². The summed E-state index contributed by atoms with van der Waals surface area (Å²) in [6.07, 6.45) is 9.02. The number of aryl methyl sites for hydroxylation is 1. The van der Waals surface area contributed by atoms with Crippen molar-refractivity contribution in [3.8, 4) is 11.4 Å². The first-order chi connectivity index (χ1) is 18.1. The fraction of sp³-hybridized carbons (Fsp3) is 0.267. The number of hydrogen-bond acceptors (Lipinski definition) is 3. The molecule has 0 amide bonds. The van der Waals surface area contributed by atoms with E-state index in [0.717, 1.165) is 51.9 Å².